The molecule has 0 amide bonds. The van der Waals surface area contributed by atoms with Gasteiger partial charge in [-0.05, 0) is 12.1 Å². The number of sulfonamides is 1. The minimum Gasteiger partial charge on any atom is -0.276 e. The predicted octanol–water partition coefficient (Wildman–Crippen LogP) is 1.18. The second-order valence-corrected chi connectivity index (χ2v) is 7.04. The Labute approximate surface area is 130 Å². The van der Waals surface area contributed by atoms with E-state index in [-0.39, 0.29) is 17.0 Å². The molecule has 2 heterocycles. The highest BCUT2D eigenvalue weighted by atomic mass is 32.2. The van der Waals surface area contributed by atoms with Crippen molar-refractivity contribution in [3.8, 4) is 6.07 Å². The van der Waals surface area contributed by atoms with Gasteiger partial charge in [0, 0.05) is 24.0 Å². The number of nitrogens with zero attached hydrogens (tertiary/aromatic N) is 4. The summed E-state index contributed by atoms with van der Waals surface area (Å²) in [6.45, 7) is 0.228. The molecule has 9 heteroatoms. The van der Waals surface area contributed by atoms with Crippen LogP contribution in [0.3, 0.4) is 0 Å². The van der Waals surface area contributed by atoms with Crippen molar-refractivity contribution in [2.24, 2.45) is 0 Å². The van der Waals surface area contributed by atoms with E-state index in [1.165, 1.54) is 23.5 Å². The third-order valence-electron chi connectivity index (χ3n) is 3.10. The van der Waals surface area contributed by atoms with Gasteiger partial charge >= 0.3 is 0 Å². The number of hydrogen-bond acceptors (Lipinski definition) is 6. The summed E-state index contributed by atoms with van der Waals surface area (Å²) in [5, 5.41) is 18.6. The van der Waals surface area contributed by atoms with Crippen LogP contribution in [-0.2, 0) is 16.4 Å². The molecule has 0 aliphatic carbocycles. The van der Waals surface area contributed by atoms with Gasteiger partial charge in [-0.15, -0.1) is 21.5 Å². The fraction of sp³-hybridized carbons (Fsp3) is 0.154. The van der Waals surface area contributed by atoms with Crippen LogP contribution in [-0.4, -0.2) is 29.6 Å². The molecular formula is C13H11N5O2S2. The number of nitriles is 1. The highest BCUT2D eigenvalue weighted by Gasteiger charge is 2.17. The van der Waals surface area contributed by atoms with Gasteiger partial charge in [0.25, 0.3) is 0 Å². The van der Waals surface area contributed by atoms with Crippen molar-refractivity contribution in [1.82, 2.24) is 19.3 Å². The average Bonchev–Trinajstić information content (AvgIpc) is 3.12. The molecule has 0 radical (unpaired) electrons. The second-order valence-electron chi connectivity index (χ2n) is 4.47. The predicted molar refractivity (Wildman–Crippen MR) is 80.9 cm³/mol. The maximum absolute atomic E-state index is 12.3. The van der Waals surface area contributed by atoms with Gasteiger partial charge in [0.05, 0.1) is 10.5 Å². The van der Waals surface area contributed by atoms with Crippen LogP contribution in [0.5, 0.6) is 0 Å². The summed E-state index contributed by atoms with van der Waals surface area (Å²) in [5.74, 6) is 0. The zero-order valence-electron chi connectivity index (χ0n) is 11.3. The molecule has 0 saturated carbocycles. The standard InChI is InChI=1S/C13H11N5O2S2/c14-7-10-3-1-2-4-12(10)22(19,20)16-6-5-11-8-21-13-17-15-9-18(11)13/h1-4,8-9,16H,5-6H2. The van der Waals surface area contributed by atoms with Crippen molar-refractivity contribution in [1.29, 1.82) is 5.26 Å². The quantitative estimate of drug-likeness (QED) is 0.756. The maximum atomic E-state index is 12.3. The van der Waals surface area contributed by atoms with Gasteiger partial charge in [0.2, 0.25) is 15.0 Å². The van der Waals surface area contributed by atoms with E-state index in [1.54, 1.807) is 18.5 Å². The third-order valence-corrected chi connectivity index (χ3v) is 5.49. The SMILES string of the molecule is N#Cc1ccccc1S(=O)(=O)NCCc1csc2nncn12. The molecule has 1 aromatic carbocycles. The lowest BCUT2D eigenvalue weighted by molar-refractivity contribution is 0.581. The van der Waals surface area contributed by atoms with Gasteiger partial charge in [-0.3, -0.25) is 4.40 Å². The van der Waals surface area contributed by atoms with E-state index in [0.717, 1.165) is 10.7 Å². The normalized spacial score (nSPS) is 11.6. The van der Waals surface area contributed by atoms with E-state index in [0.29, 0.717) is 6.42 Å². The first-order valence-electron chi connectivity index (χ1n) is 6.37. The van der Waals surface area contributed by atoms with Crippen molar-refractivity contribution < 1.29 is 8.42 Å². The molecule has 0 fully saturated rings. The summed E-state index contributed by atoms with van der Waals surface area (Å²) in [4.78, 5) is 0.768. The fourth-order valence-electron chi connectivity index (χ4n) is 2.04. The minimum atomic E-state index is -3.71. The van der Waals surface area contributed by atoms with Gasteiger partial charge in [-0.2, -0.15) is 5.26 Å². The fourth-order valence-corrected chi connectivity index (χ4v) is 4.08. The zero-order chi connectivity index (χ0) is 15.6. The van der Waals surface area contributed by atoms with E-state index in [2.05, 4.69) is 14.9 Å². The van der Waals surface area contributed by atoms with Crippen LogP contribution >= 0.6 is 11.3 Å². The second kappa shape index (κ2) is 5.84. The van der Waals surface area contributed by atoms with E-state index >= 15 is 0 Å². The summed E-state index contributed by atoms with van der Waals surface area (Å²) < 4.78 is 28.9. The lowest BCUT2D eigenvalue weighted by Gasteiger charge is -2.07. The van der Waals surface area contributed by atoms with Crippen LogP contribution in [0, 0.1) is 11.3 Å². The first kappa shape index (κ1) is 14.6. The summed E-state index contributed by atoms with van der Waals surface area (Å²) in [5.41, 5.74) is 1.06. The highest BCUT2D eigenvalue weighted by Crippen LogP contribution is 2.15. The number of nitrogens with one attached hydrogen (secondary N) is 1. The average molecular weight is 333 g/mol. The van der Waals surface area contributed by atoms with Crippen LogP contribution in [0.2, 0.25) is 0 Å². The van der Waals surface area contributed by atoms with Gasteiger partial charge < -0.3 is 0 Å². The number of thiazole rings is 1. The largest absolute Gasteiger partial charge is 0.276 e. The summed E-state index contributed by atoms with van der Waals surface area (Å²) in [6.07, 6.45) is 2.10. The maximum Gasteiger partial charge on any atom is 0.241 e. The Morgan fingerprint density at radius 1 is 1.36 bits per heavy atom. The third kappa shape index (κ3) is 2.71. The van der Waals surface area contributed by atoms with Crippen LogP contribution in [0.4, 0.5) is 0 Å². The molecule has 1 N–H and O–H groups in total. The number of fused-ring (bicyclic) bond motifs is 1. The van der Waals surface area contributed by atoms with Gasteiger partial charge in [0.15, 0.2) is 0 Å². The molecule has 0 aliphatic heterocycles. The molecule has 0 bridgehead atoms. The van der Waals surface area contributed by atoms with Crippen molar-refractivity contribution in [2.45, 2.75) is 11.3 Å². The van der Waals surface area contributed by atoms with Gasteiger partial charge in [0.1, 0.15) is 12.4 Å². The molecule has 2 aromatic heterocycles. The Morgan fingerprint density at radius 3 is 3.00 bits per heavy atom. The first-order chi connectivity index (χ1) is 10.6. The van der Waals surface area contributed by atoms with E-state index in [4.69, 9.17) is 5.26 Å². The lowest BCUT2D eigenvalue weighted by Crippen LogP contribution is -2.26. The number of hydrogen-bond donors (Lipinski definition) is 1. The van der Waals surface area contributed by atoms with Gasteiger partial charge in [-0.25, -0.2) is 13.1 Å². The summed E-state index contributed by atoms with van der Waals surface area (Å²) >= 11 is 1.45. The Balaban J connectivity index is 1.73. The molecule has 0 unspecified atom stereocenters. The molecule has 0 spiro atoms. The van der Waals surface area contributed by atoms with Crippen molar-refractivity contribution >= 4 is 26.3 Å². The molecule has 7 nitrogen and oxygen atoms in total. The number of aromatic nitrogens is 3. The highest BCUT2D eigenvalue weighted by molar-refractivity contribution is 7.89. The Kier molecular flexibility index (Phi) is 3.89. The van der Waals surface area contributed by atoms with Crippen LogP contribution in [0.25, 0.3) is 4.96 Å². The smallest absolute Gasteiger partial charge is 0.241 e. The Bertz CT molecular complexity index is 952. The molecule has 112 valence electrons. The monoisotopic (exact) mass is 333 g/mol. The van der Waals surface area contributed by atoms with Crippen molar-refractivity contribution in [3.05, 3.63) is 47.2 Å². The molecule has 0 atom stereocenters. The van der Waals surface area contributed by atoms with Gasteiger partial charge in [-0.1, -0.05) is 12.1 Å². The summed E-state index contributed by atoms with van der Waals surface area (Å²) in [6, 6.07) is 8.01. The topological polar surface area (TPSA) is 100 Å². The number of rotatable bonds is 5. The van der Waals surface area contributed by atoms with E-state index in [1.807, 2.05) is 15.8 Å². The zero-order valence-corrected chi connectivity index (χ0v) is 12.9. The Hall–Kier alpha value is -2.28. The van der Waals surface area contributed by atoms with Crippen LogP contribution < -0.4 is 4.72 Å². The first-order valence-corrected chi connectivity index (χ1v) is 8.73. The Morgan fingerprint density at radius 2 is 2.18 bits per heavy atom. The molecule has 22 heavy (non-hydrogen) atoms. The summed E-state index contributed by atoms with van der Waals surface area (Å²) in [7, 11) is -3.71. The molecule has 3 aromatic rings. The molecule has 0 aliphatic rings. The number of benzene rings is 1. The van der Waals surface area contributed by atoms with Crippen molar-refractivity contribution in [3.63, 3.8) is 0 Å². The molecular weight excluding hydrogens is 322 g/mol. The van der Waals surface area contributed by atoms with Crippen LogP contribution in [0.1, 0.15) is 11.3 Å². The van der Waals surface area contributed by atoms with Crippen LogP contribution in [0.15, 0.2) is 40.9 Å². The minimum absolute atomic E-state index is 0.00253. The molecule has 3 rings (SSSR count). The van der Waals surface area contributed by atoms with Crippen molar-refractivity contribution in [2.75, 3.05) is 6.54 Å². The van der Waals surface area contributed by atoms with E-state index < -0.39 is 10.0 Å². The van der Waals surface area contributed by atoms with E-state index in [9.17, 15) is 8.42 Å². The lowest BCUT2D eigenvalue weighted by atomic mass is 10.2. The molecule has 0 saturated heterocycles.